The van der Waals surface area contributed by atoms with E-state index >= 15 is 0 Å². The Morgan fingerprint density at radius 1 is 1.02 bits per heavy atom. The molecule has 1 aliphatic carbocycles. The zero-order chi connectivity index (χ0) is 33.8. The molecule has 3 amide bonds. The van der Waals surface area contributed by atoms with Gasteiger partial charge in [-0.05, 0) is 93.2 Å². The molecule has 1 aliphatic heterocycles. The van der Waals surface area contributed by atoms with Crippen molar-refractivity contribution in [2.45, 2.75) is 101 Å². The zero-order valence-corrected chi connectivity index (χ0v) is 25.9. The van der Waals surface area contributed by atoms with Gasteiger partial charge in [0.2, 0.25) is 17.7 Å². The summed E-state index contributed by atoms with van der Waals surface area (Å²) in [5.74, 6) is -1.55. The van der Waals surface area contributed by atoms with Gasteiger partial charge in [-0.3, -0.25) is 14.4 Å². The topological polar surface area (TPSA) is 195 Å². The van der Waals surface area contributed by atoms with Crippen molar-refractivity contribution in [3.05, 3.63) is 59.2 Å². The van der Waals surface area contributed by atoms with Crippen molar-refractivity contribution in [3.63, 3.8) is 0 Å². The van der Waals surface area contributed by atoms with Crippen molar-refractivity contribution in [2.75, 3.05) is 5.32 Å². The van der Waals surface area contributed by atoms with Crippen molar-refractivity contribution < 1.29 is 37.2 Å². The van der Waals surface area contributed by atoms with Gasteiger partial charge in [-0.25, -0.2) is 0 Å². The Hall–Kier alpha value is -3.50. The lowest BCUT2D eigenvalue weighted by atomic mass is 9.78. The molecule has 46 heavy (non-hydrogen) atoms. The molecule has 2 aliphatic rings. The molecule has 0 radical (unpaired) electrons. The van der Waals surface area contributed by atoms with E-state index in [4.69, 9.17) is 21.9 Å². The summed E-state index contributed by atoms with van der Waals surface area (Å²) < 4.78 is 44.6. The number of rotatable bonds is 11. The summed E-state index contributed by atoms with van der Waals surface area (Å²) in [4.78, 5) is 39.0. The Balaban J connectivity index is 1.40. The summed E-state index contributed by atoms with van der Waals surface area (Å²) in [5, 5.41) is 18.6. The number of hydrogen-bond acceptors (Lipinski definition) is 8. The molecule has 11 nitrogen and oxygen atoms in total. The van der Waals surface area contributed by atoms with Gasteiger partial charge in [0, 0.05) is 30.2 Å². The molecule has 2 aromatic carbocycles. The highest BCUT2D eigenvalue weighted by Gasteiger charge is 2.40. The minimum absolute atomic E-state index is 0.00817. The van der Waals surface area contributed by atoms with Crippen molar-refractivity contribution in [1.29, 1.82) is 0 Å². The Morgan fingerprint density at radius 3 is 2.30 bits per heavy atom. The van der Waals surface area contributed by atoms with Gasteiger partial charge in [-0.15, -0.1) is 0 Å². The molecule has 250 valence electrons. The first-order valence-electron chi connectivity index (χ1n) is 15.4. The van der Waals surface area contributed by atoms with E-state index in [0.29, 0.717) is 36.0 Å². The number of halogens is 3. The van der Waals surface area contributed by atoms with Gasteiger partial charge in [-0.1, -0.05) is 18.2 Å². The maximum atomic E-state index is 13.4. The summed E-state index contributed by atoms with van der Waals surface area (Å²) in [6, 6.07) is 6.91. The predicted octanol–water partition coefficient (Wildman–Crippen LogP) is 1.15. The Bertz CT molecular complexity index is 1400. The van der Waals surface area contributed by atoms with Crippen LogP contribution < -0.4 is 38.6 Å². The van der Waals surface area contributed by atoms with E-state index < -0.39 is 48.4 Å². The third-order valence-corrected chi connectivity index (χ3v) is 8.44. The van der Waals surface area contributed by atoms with E-state index in [9.17, 15) is 32.6 Å². The minimum Gasteiger partial charge on any atom is -0.423 e. The standard InChI is InChI=1S/C31H42BF3N6O5/c1-30(2)23-9-8-21(16-24(23)32(45)46-30)40-29(44)26(11-5-17-3-6-18(7-4-17)31(33,34)35)41-28(43)25(38)10-12-27(42)39-22-14-19(36)13-20(37)15-22/h3-4,6-9,16,19-20,22,25-26,45H,5,10-15,36-38H2,1-2H3,(H,39,42)(H,40,44)(H,41,43)/t19-,20+,22?,25-,26+/m0/s1. The third kappa shape index (κ3) is 9.29. The SMILES string of the molecule is CC1(C)OB(O)c2cc(NC(=O)[C@@H](CCc3ccc(C(F)(F)F)cc3)NC(=O)[C@@H](N)CCC(=O)NC3C[C@@H](N)C[C@@H](N)C3)ccc21. The molecule has 1 saturated carbocycles. The van der Waals surface area contributed by atoms with Crippen LogP contribution in [0, 0.1) is 0 Å². The van der Waals surface area contributed by atoms with Crippen LogP contribution in [0.2, 0.25) is 0 Å². The molecule has 0 saturated heterocycles. The van der Waals surface area contributed by atoms with Gasteiger partial charge in [-0.2, -0.15) is 13.2 Å². The first-order chi connectivity index (χ1) is 21.5. The number of alkyl halides is 3. The first-order valence-corrected chi connectivity index (χ1v) is 15.4. The van der Waals surface area contributed by atoms with Crippen molar-refractivity contribution in [3.8, 4) is 0 Å². The van der Waals surface area contributed by atoms with E-state index in [1.165, 1.54) is 12.1 Å². The predicted molar refractivity (Wildman–Crippen MR) is 167 cm³/mol. The van der Waals surface area contributed by atoms with E-state index in [-0.39, 0.29) is 49.7 Å². The fourth-order valence-electron chi connectivity index (χ4n) is 5.99. The average molecular weight is 647 g/mol. The fourth-order valence-corrected chi connectivity index (χ4v) is 5.99. The maximum Gasteiger partial charge on any atom is 0.492 e. The number of fused-ring (bicyclic) bond motifs is 1. The lowest BCUT2D eigenvalue weighted by Crippen LogP contribution is -2.51. The van der Waals surface area contributed by atoms with E-state index in [0.717, 1.165) is 17.7 Å². The molecule has 1 unspecified atom stereocenters. The minimum atomic E-state index is -4.48. The summed E-state index contributed by atoms with van der Waals surface area (Å²) in [5.41, 5.74) is 18.7. The van der Waals surface area contributed by atoms with Crippen molar-refractivity contribution >= 4 is 36.0 Å². The molecule has 15 heteroatoms. The van der Waals surface area contributed by atoms with Crippen molar-refractivity contribution in [2.24, 2.45) is 17.2 Å². The molecular weight excluding hydrogens is 604 g/mol. The van der Waals surface area contributed by atoms with Crippen LogP contribution >= 0.6 is 0 Å². The molecule has 5 atom stereocenters. The van der Waals surface area contributed by atoms with Crippen LogP contribution in [0.5, 0.6) is 0 Å². The smallest absolute Gasteiger partial charge is 0.423 e. The second kappa shape index (κ2) is 14.5. The molecule has 2 aromatic rings. The van der Waals surface area contributed by atoms with Crippen LogP contribution in [0.3, 0.4) is 0 Å². The fraction of sp³-hybridized carbons (Fsp3) is 0.516. The van der Waals surface area contributed by atoms with E-state index in [2.05, 4.69) is 16.0 Å². The van der Waals surface area contributed by atoms with Crippen LogP contribution in [-0.2, 0) is 37.2 Å². The number of nitrogens with one attached hydrogen (secondary N) is 3. The van der Waals surface area contributed by atoms with Crippen LogP contribution in [-0.4, -0.2) is 60.1 Å². The molecule has 10 N–H and O–H groups in total. The number of carbonyl (C=O) groups excluding carboxylic acids is 3. The molecule has 0 aromatic heterocycles. The van der Waals surface area contributed by atoms with E-state index in [1.54, 1.807) is 32.0 Å². The van der Waals surface area contributed by atoms with Crippen molar-refractivity contribution in [1.82, 2.24) is 10.6 Å². The number of benzene rings is 2. The first kappa shape index (κ1) is 35.4. The Morgan fingerprint density at radius 2 is 1.67 bits per heavy atom. The lowest BCUT2D eigenvalue weighted by Gasteiger charge is -2.31. The second-order valence-corrected chi connectivity index (χ2v) is 12.7. The normalized spacial score (nSPS) is 22.0. The molecule has 1 fully saturated rings. The molecule has 1 heterocycles. The Labute approximate surface area is 266 Å². The summed E-state index contributed by atoms with van der Waals surface area (Å²) in [6.45, 7) is 3.61. The zero-order valence-electron chi connectivity index (χ0n) is 25.9. The average Bonchev–Trinajstić information content (AvgIpc) is 3.19. The number of anilines is 1. The number of nitrogens with two attached hydrogens (primary N) is 3. The van der Waals surface area contributed by atoms with Crippen LogP contribution in [0.15, 0.2) is 42.5 Å². The Kier molecular flexibility index (Phi) is 11.2. The van der Waals surface area contributed by atoms with Crippen LogP contribution in [0.1, 0.15) is 69.1 Å². The highest BCUT2D eigenvalue weighted by atomic mass is 19.4. The molecule has 4 rings (SSSR count). The highest BCUT2D eigenvalue weighted by Crippen LogP contribution is 2.31. The monoisotopic (exact) mass is 646 g/mol. The van der Waals surface area contributed by atoms with Gasteiger partial charge in [0.15, 0.2) is 0 Å². The van der Waals surface area contributed by atoms with E-state index in [1.807, 2.05) is 0 Å². The van der Waals surface area contributed by atoms with Crippen LogP contribution in [0.4, 0.5) is 18.9 Å². The lowest BCUT2D eigenvalue weighted by molar-refractivity contribution is -0.137. The largest absolute Gasteiger partial charge is 0.492 e. The summed E-state index contributed by atoms with van der Waals surface area (Å²) in [7, 11) is -1.18. The molecule has 0 bridgehead atoms. The summed E-state index contributed by atoms with van der Waals surface area (Å²) in [6.07, 6.45) is -2.39. The van der Waals surface area contributed by atoms with Gasteiger partial charge in [0.25, 0.3) is 0 Å². The number of amides is 3. The van der Waals surface area contributed by atoms with Gasteiger partial charge in [0.1, 0.15) is 6.04 Å². The maximum absolute atomic E-state index is 13.4. The van der Waals surface area contributed by atoms with Gasteiger partial charge < -0.3 is 42.8 Å². The highest BCUT2D eigenvalue weighted by molar-refractivity contribution is 6.62. The van der Waals surface area contributed by atoms with Gasteiger partial charge >= 0.3 is 13.3 Å². The third-order valence-electron chi connectivity index (χ3n) is 8.44. The molecular formula is C31H42BF3N6O5. The number of hydrogen-bond donors (Lipinski definition) is 7. The second-order valence-electron chi connectivity index (χ2n) is 12.7. The summed E-state index contributed by atoms with van der Waals surface area (Å²) >= 11 is 0. The quantitative estimate of drug-likeness (QED) is 0.177. The van der Waals surface area contributed by atoms with Gasteiger partial charge in [0.05, 0.1) is 17.2 Å². The number of aryl methyl sites for hydroxylation is 1. The van der Waals surface area contributed by atoms with Crippen LogP contribution in [0.25, 0.3) is 0 Å². The molecule has 0 spiro atoms. The number of carbonyl (C=O) groups is 3.